The molecule has 0 spiro atoms. The Morgan fingerprint density at radius 3 is 2.56 bits per heavy atom. The first kappa shape index (κ1) is 18.2. The lowest BCUT2D eigenvalue weighted by atomic mass is 10.2. The van der Waals surface area contributed by atoms with E-state index < -0.39 is 0 Å². The standard InChI is InChI=1S/C19H21BrClN3O/c1-2-23-8-10-24(11-9-23)18-7-6-16(13-17(18)21)22-19(25)14-4-3-5-15(20)12-14/h3-7,12-13H,2,8-11H2,1H3,(H,22,25). The molecule has 2 aromatic carbocycles. The van der Waals surface area contributed by atoms with Crippen molar-refractivity contribution in [3.63, 3.8) is 0 Å². The number of carbonyl (C=O) groups is 1. The molecule has 1 aliphatic heterocycles. The van der Waals surface area contributed by atoms with Crippen LogP contribution in [-0.4, -0.2) is 43.5 Å². The average molecular weight is 423 g/mol. The lowest BCUT2D eigenvalue weighted by Crippen LogP contribution is -2.46. The Labute approximate surface area is 161 Å². The zero-order valence-electron chi connectivity index (χ0n) is 14.1. The maximum absolute atomic E-state index is 12.3. The van der Waals surface area contributed by atoms with Gasteiger partial charge in [0.05, 0.1) is 10.7 Å². The number of rotatable bonds is 4. The van der Waals surface area contributed by atoms with Crippen molar-refractivity contribution in [1.29, 1.82) is 0 Å². The van der Waals surface area contributed by atoms with Crippen molar-refractivity contribution in [2.45, 2.75) is 6.92 Å². The number of piperazine rings is 1. The molecule has 2 aromatic rings. The van der Waals surface area contributed by atoms with Crippen LogP contribution < -0.4 is 10.2 Å². The first-order valence-corrected chi connectivity index (χ1v) is 9.57. The van der Waals surface area contributed by atoms with E-state index in [0.717, 1.165) is 42.9 Å². The van der Waals surface area contributed by atoms with Crippen molar-refractivity contribution in [3.05, 3.63) is 57.5 Å². The number of hydrogen-bond donors (Lipinski definition) is 1. The quantitative estimate of drug-likeness (QED) is 0.788. The molecule has 1 heterocycles. The normalized spacial score (nSPS) is 15.2. The molecule has 3 rings (SSSR count). The molecule has 25 heavy (non-hydrogen) atoms. The second-order valence-corrected chi connectivity index (χ2v) is 7.37. The molecule has 0 aromatic heterocycles. The van der Waals surface area contributed by atoms with E-state index >= 15 is 0 Å². The molecule has 0 atom stereocenters. The van der Waals surface area contributed by atoms with Crippen LogP contribution in [0.5, 0.6) is 0 Å². The summed E-state index contributed by atoms with van der Waals surface area (Å²) in [7, 11) is 0. The number of amides is 1. The Bertz CT molecular complexity index is 760. The number of hydrogen-bond acceptors (Lipinski definition) is 3. The molecule has 1 fully saturated rings. The lowest BCUT2D eigenvalue weighted by molar-refractivity contribution is 0.102. The molecule has 6 heteroatoms. The van der Waals surface area contributed by atoms with Crippen LogP contribution in [0.25, 0.3) is 0 Å². The van der Waals surface area contributed by atoms with Gasteiger partial charge in [-0.15, -0.1) is 0 Å². The largest absolute Gasteiger partial charge is 0.368 e. The number of carbonyl (C=O) groups excluding carboxylic acids is 1. The molecule has 1 aliphatic rings. The van der Waals surface area contributed by atoms with E-state index in [-0.39, 0.29) is 5.91 Å². The fourth-order valence-electron chi connectivity index (χ4n) is 2.98. The van der Waals surface area contributed by atoms with Crippen LogP contribution in [-0.2, 0) is 0 Å². The van der Waals surface area contributed by atoms with Gasteiger partial charge in [-0.3, -0.25) is 4.79 Å². The van der Waals surface area contributed by atoms with Crippen LogP contribution in [0.1, 0.15) is 17.3 Å². The number of nitrogens with zero attached hydrogens (tertiary/aromatic N) is 2. The molecule has 0 unspecified atom stereocenters. The van der Waals surface area contributed by atoms with Crippen LogP contribution in [0.2, 0.25) is 5.02 Å². The highest BCUT2D eigenvalue weighted by Crippen LogP contribution is 2.30. The molecule has 0 bridgehead atoms. The van der Waals surface area contributed by atoms with Crippen LogP contribution >= 0.6 is 27.5 Å². The van der Waals surface area contributed by atoms with Crippen LogP contribution in [0.4, 0.5) is 11.4 Å². The Morgan fingerprint density at radius 2 is 1.92 bits per heavy atom. The average Bonchev–Trinajstić information content (AvgIpc) is 2.62. The van der Waals surface area contributed by atoms with Gasteiger partial charge in [-0.05, 0) is 42.9 Å². The summed E-state index contributed by atoms with van der Waals surface area (Å²) in [6.07, 6.45) is 0. The van der Waals surface area contributed by atoms with Gasteiger partial charge in [-0.25, -0.2) is 0 Å². The van der Waals surface area contributed by atoms with Gasteiger partial charge in [-0.2, -0.15) is 0 Å². The van der Waals surface area contributed by atoms with E-state index in [4.69, 9.17) is 11.6 Å². The lowest BCUT2D eigenvalue weighted by Gasteiger charge is -2.36. The molecule has 0 radical (unpaired) electrons. The van der Waals surface area contributed by atoms with E-state index in [1.54, 1.807) is 12.1 Å². The summed E-state index contributed by atoms with van der Waals surface area (Å²) in [5.41, 5.74) is 2.33. The number of anilines is 2. The highest BCUT2D eigenvalue weighted by atomic mass is 79.9. The zero-order valence-corrected chi connectivity index (χ0v) is 16.5. The van der Waals surface area contributed by atoms with Gasteiger partial charge < -0.3 is 15.1 Å². The first-order valence-electron chi connectivity index (χ1n) is 8.40. The second kappa shape index (κ2) is 8.21. The first-order chi connectivity index (χ1) is 12.1. The van der Waals surface area contributed by atoms with Gasteiger partial charge in [0.2, 0.25) is 0 Å². The van der Waals surface area contributed by atoms with Crippen molar-refractivity contribution in [2.75, 3.05) is 42.9 Å². The summed E-state index contributed by atoms with van der Waals surface area (Å²) < 4.78 is 0.875. The third kappa shape index (κ3) is 4.54. The molecule has 0 saturated carbocycles. The molecule has 4 nitrogen and oxygen atoms in total. The van der Waals surface area contributed by atoms with Crippen LogP contribution in [0.3, 0.4) is 0 Å². The summed E-state index contributed by atoms with van der Waals surface area (Å²) in [6.45, 7) is 7.31. The SMILES string of the molecule is CCN1CCN(c2ccc(NC(=O)c3cccc(Br)c3)cc2Cl)CC1. The van der Waals surface area contributed by atoms with Crippen LogP contribution in [0, 0.1) is 0 Å². The van der Waals surface area contributed by atoms with E-state index in [1.165, 1.54) is 0 Å². The Morgan fingerprint density at radius 1 is 1.16 bits per heavy atom. The van der Waals surface area contributed by atoms with E-state index in [0.29, 0.717) is 16.3 Å². The third-order valence-corrected chi connectivity index (χ3v) is 5.25. The van der Waals surface area contributed by atoms with E-state index in [2.05, 4.69) is 38.0 Å². The van der Waals surface area contributed by atoms with Crippen molar-refractivity contribution in [1.82, 2.24) is 4.90 Å². The second-order valence-electron chi connectivity index (χ2n) is 6.05. The number of halogens is 2. The van der Waals surface area contributed by atoms with Crippen molar-refractivity contribution >= 4 is 44.8 Å². The summed E-state index contributed by atoms with van der Waals surface area (Å²) in [6, 6.07) is 13.0. The van der Waals surface area contributed by atoms with E-state index in [1.807, 2.05) is 30.3 Å². The highest BCUT2D eigenvalue weighted by Gasteiger charge is 2.18. The van der Waals surface area contributed by atoms with Crippen molar-refractivity contribution in [3.8, 4) is 0 Å². The fraction of sp³-hybridized carbons (Fsp3) is 0.316. The minimum Gasteiger partial charge on any atom is -0.368 e. The Hall–Kier alpha value is -1.56. The third-order valence-electron chi connectivity index (χ3n) is 4.45. The minimum absolute atomic E-state index is 0.151. The van der Waals surface area contributed by atoms with Crippen molar-refractivity contribution < 1.29 is 4.79 Å². The minimum atomic E-state index is -0.151. The highest BCUT2D eigenvalue weighted by molar-refractivity contribution is 9.10. The van der Waals surface area contributed by atoms with Gasteiger partial charge in [0.1, 0.15) is 0 Å². The van der Waals surface area contributed by atoms with Gasteiger partial charge in [0.15, 0.2) is 0 Å². The number of nitrogens with one attached hydrogen (secondary N) is 1. The Kier molecular flexibility index (Phi) is 5.99. The topological polar surface area (TPSA) is 35.6 Å². The predicted molar refractivity (Wildman–Crippen MR) is 108 cm³/mol. The molecular weight excluding hydrogens is 402 g/mol. The summed E-state index contributed by atoms with van der Waals surface area (Å²) in [5.74, 6) is -0.151. The number of likely N-dealkylation sites (N-methyl/N-ethyl adjacent to an activating group) is 1. The maximum atomic E-state index is 12.3. The van der Waals surface area contributed by atoms with Gasteiger partial charge >= 0.3 is 0 Å². The molecule has 0 aliphatic carbocycles. The summed E-state index contributed by atoms with van der Waals surface area (Å²) >= 11 is 9.85. The maximum Gasteiger partial charge on any atom is 0.255 e. The Balaban J connectivity index is 1.69. The summed E-state index contributed by atoms with van der Waals surface area (Å²) in [4.78, 5) is 17.1. The van der Waals surface area contributed by atoms with Crippen LogP contribution in [0.15, 0.2) is 46.9 Å². The number of benzene rings is 2. The van der Waals surface area contributed by atoms with Gasteiger partial charge in [-0.1, -0.05) is 40.5 Å². The van der Waals surface area contributed by atoms with Crippen molar-refractivity contribution in [2.24, 2.45) is 0 Å². The van der Waals surface area contributed by atoms with Gasteiger partial charge in [0.25, 0.3) is 5.91 Å². The molecule has 1 saturated heterocycles. The fourth-order valence-corrected chi connectivity index (χ4v) is 3.68. The zero-order chi connectivity index (χ0) is 17.8. The monoisotopic (exact) mass is 421 g/mol. The van der Waals surface area contributed by atoms with E-state index in [9.17, 15) is 4.79 Å². The summed E-state index contributed by atoms with van der Waals surface area (Å²) in [5, 5.41) is 3.57. The van der Waals surface area contributed by atoms with Gasteiger partial charge in [0, 0.05) is 41.9 Å². The molecule has 1 N–H and O–H groups in total. The smallest absolute Gasteiger partial charge is 0.255 e. The predicted octanol–water partition coefficient (Wildman–Crippen LogP) is 4.50. The molecule has 132 valence electrons. The molecular formula is C19H21BrClN3O. The molecule has 1 amide bonds.